The van der Waals surface area contributed by atoms with Crippen LogP contribution < -0.4 is 5.32 Å². The van der Waals surface area contributed by atoms with Crippen molar-refractivity contribution in [3.05, 3.63) is 30.0 Å². The predicted molar refractivity (Wildman–Crippen MR) is 81.6 cm³/mol. The topological polar surface area (TPSA) is 74.0 Å². The monoisotopic (exact) mass is 303 g/mol. The Morgan fingerprint density at radius 3 is 3.18 bits per heavy atom. The molecule has 0 bridgehead atoms. The molecule has 1 aliphatic rings. The van der Waals surface area contributed by atoms with Gasteiger partial charge in [0.1, 0.15) is 5.82 Å². The number of fused-ring (bicyclic) bond motifs is 1. The number of nitrogens with one attached hydrogen (secondary N) is 1. The van der Waals surface area contributed by atoms with E-state index in [1.165, 1.54) is 12.8 Å². The number of anilines is 1. The highest BCUT2D eigenvalue weighted by Crippen LogP contribution is 2.15. The zero-order valence-electron chi connectivity index (χ0n) is 12.8. The summed E-state index contributed by atoms with van der Waals surface area (Å²) in [5.41, 5.74) is 0.827. The number of nitrogens with zero attached hydrogens (tertiary/aromatic N) is 4. The minimum atomic E-state index is -0.0903. The Morgan fingerprint density at radius 1 is 1.45 bits per heavy atom. The molecule has 0 saturated carbocycles. The third-order valence-electron chi connectivity index (χ3n) is 3.73. The van der Waals surface area contributed by atoms with Gasteiger partial charge in [-0.15, -0.1) is 0 Å². The number of amides is 1. The summed E-state index contributed by atoms with van der Waals surface area (Å²) in [6, 6.07) is 1.78. The maximum absolute atomic E-state index is 12.1. The Hall–Kier alpha value is -2.15. The van der Waals surface area contributed by atoms with Gasteiger partial charge in [0.25, 0.3) is 0 Å². The van der Waals surface area contributed by atoms with Crippen LogP contribution in [0, 0.1) is 0 Å². The second kappa shape index (κ2) is 6.74. The number of hydrogen-bond acceptors (Lipinski definition) is 4. The molecule has 2 aromatic rings. The van der Waals surface area contributed by atoms with Crippen molar-refractivity contribution in [2.24, 2.45) is 0 Å². The van der Waals surface area contributed by atoms with Crippen LogP contribution in [0.1, 0.15) is 24.4 Å². The smallest absolute Gasteiger partial charge is 0.231 e. The van der Waals surface area contributed by atoms with E-state index >= 15 is 0 Å². The Balaban J connectivity index is 1.55. The zero-order chi connectivity index (χ0) is 15.4. The van der Waals surface area contributed by atoms with Gasteiger partial charge in [-0.3, -0.25) is 9.48 Å². The first-order valence-electron chi connectivity index (χ1n) is 7.62. The van der Waals surface area contributed by atoms with Crippen LogP contribution in [0.3, 0.4) is 0 Å². The third kappa shape index (κ3) is 3.54. The number of aromatic nitrogens is 4. The van der Waals surface area contributed by atoms with E-state index in [9.17, 15) is 4.79 Å². The molecule has 1 N–H and O–H groups in total. The predicted octanol–water partition coefficient (Wildman–Crippen LogP) is 1.24. The highest BCUT2D eigenvalue weighted by Gasteiger charge is 2.14. The Kier molecular flexibility index (Phi) is 4.53. The Labute approximate surface area is 129 Å². The zero-order valence-corrected chi connectivity index (χ0v) is 12.8. The lowest BCUT2D eigenvalue weighted by atomic mass is 10.2. The Bertz CT molecular complexity index is 623. The molecule has 118 valence electrons. The number of hydrogen-bond donors (Lipinski definition) is 1. The number of ether oxygens (including phenoxy) is 1. The van der Waals surface area contributed by atoms with Gasteiger partial charge in [-0.05, 0) is 12.8 Å². The SMILES string of the molecule is COCCn1ccc(NC(=O)Cc2cn3c(n2)CCCC3)n1. The molecule has 0 atom stereocenters. The van der Waals surface area contributed by atoms with Crippen LogP contribution in [0.2, 0.25) is 0 Å². The van der Waals surface area contributed by atoms with E-state index in [1.807, 2.05) is 12.4 Å². The second-order valence-corrected chi connectivity index (χ2v) is 5.48. The van der Waals surface area contributed by atoms with Crippen LogP contribution in [0.25, 0.3) is 0 Å². The quantitative estimate of drug-likeness (QED) is 0.871. The molecular weight excluding hydrogens is 282 g/mol. The van der Waals surface area contributed by atoms with E-state index in [0.717, 1.165) is 24.5 Å². The molecule has 0 aromatic carbocycles. The lowest BCUT2D eigenvalue weighted by Crippen LogP contribution is -2.15. The number of rotatable bonds is 6. The van der Waals surface area contributed by atoms with Crippen molar-refractivity contribution in [1.82, 2.24) is 19.3 Å². The normalized spacial score (nSPS) is 13.9. The van der Waals surface area contributed by atoms with Crippen molar-refractivity contribution < 1.29 is 9.53 Å². The second-order valence-electron chi connectivity index (χ2n) is 5.48. The van der Waals surface area contributed by atoms with Gasteiger partial charge in [0.15, 0.2) is 5.82 Å². The van der Waals surface area contributed by atoms with Crippen molar-refractivity contribution in [3.8, 4) is 0 Å². The van der Waals surface area contributed by atoms with E-state index < -0.39 is 0 Å². The fourth-order valence-electron chi connectivity index (χ4n) is 2.65. The summed E-state index contributed by atoms with van der Waals surface area (Å²) in [6.45, 7) is 2.27. The first kappa shape index (κ1) is 14.8. The minimum Gasteiger partial charge on any atom is -0.383 e. The molecule has 7 heteroatoms. The van der Waals surface area contributed by atoms with Gasteiger partial charge < -0.3 is 14.6 Å². The van der Waals surface area contributed by atoms with Crippen LogP contribution in [-0.4, -0.2) is 39.0 Å². The van der Waals surface area contributed by atoms with E-state index in [4.69, 9.17) is 4.74 Å². The van der Waals surface area contributed by atoms with Gasteiger partial charge in [0, 0.05) is 38.5 Å². The molecule has 22 heavy (non-hydrogen) atoms. The van der Waals surface area contributed by atoms with Gasteiger partial charge >= 0.3 is 0 Å². The maximum atomic E-state index is 12.1. The summed E-state index contributed by atoms with van der Waals surface area (Å²) in [7, 11) is 1.65. The molecule has 0 spiro atoms. The molecule has 7 nitrogen and oxygen atoms in total. The highest BCUT2D eigenvalue weighted by atomic mass is 16.5. The number of carbonyl (C=O) groups is 1. The van der Waals surface area contributed by atoms with Crippen LogP contribution >= 0.6 is 0 Å². The highest BCUT2D eigenvalue weighted by molar-refractivity contribution is 5.91. The van der Waals surface area contributed by atoms with Crippen molar-refractivity contribution in [2.75, 3.05) is 19.0 Å². The van der Waals surface area contributed by atoms with Gasteiger partial charge in [-0.1, -0.05) is 0 Å². The molecule has 0 radical (unpaired) electrons. The molecule has 0 saturated heterocycles. The lowest BCUT2D eigenvalue weighted by molar-refractivity contribution is -0.115. The first-order chi connectivity index (χ1) is 10.7. The maximum Gasteiger partial charge on any atom is 0.231 e. The fourth-order valence-corrected chi connectivity index (χ4v) is 2.65. The van der Waals surface area contributed by atoms with E-state index in [-0.39, 0.29) is 12.3 Å². The number of methoxy groups -OCH3 is 1. The summed E-state index contributed by atoms with van der Waals surface area (Å²) in [5.74, 6) is 1.57. The molecule has 0 unspecified atom stereocenters. The number of carbonyl (C=O) groups excluding carboxylic acids is 1. The van der Waals surface area contributed by atoms with Crippen LogP contribution in [0.4, 0.5) is 5.82 Å². The molecule has 3 rings (SSSR count). The molecule has 1 amide bonds. The van der Waals surface area contributed by atoms with Crippen molar-refractivity contribution in [3.63, 3.8) is 0 Å². The third-order valence-corrected chi connectivity index (χ3v) is 3.73. The van der Waals surface area contributed by atoms with Crippen molar-refractivity contribution in [1.29, 1.82) is 0 Å². The average Bonchev–Trinajstić information content (AvgIpc) is 3.10. The van der Waals surface area contributed by atoms with Crippen molar-refractivity contribution >= 4 is 11.7 Å². The number of imidazole rings is 1. The van der Waals surface area contributed by atoms with E-state index in [2.05, 4.69) is 20.0 Å². The van der Waals surface area contributed by atoms with Gasteiger partial charge in [0.2, 0.25) is 5.91 Å². The molecule has 1 aliphatic heterocycles. The van der Waals surface area contributed by atoms with Gasteiger partial charge in [0.05, 0.1) is 25.3 Å². The summed E-state index contributed by atoms with van der Waals surface area (Å²) >= 11 is 0. The largest absolute Gasteiger partial charge is 0.383 e. The van der Waals surface area contributed by atoms with Crippen LogP contribution in [-0.2, 0) is 35.5 Å². The minimum absolute atomic E-state index is 0.0903. The summed E-state index contributed by atoms with van der Waals surface area (Å²) in [4.78, 5) is 16.6. The van der Waals surface area contributed by atoms with Crippen LogP contribution in [0.5, 0.6) is 0 Å². The summed E-state index contributed by atoms with van der Waals surface area (Å²) in [6.07, 6.45) is 7.47. The molecular formula is C15H21N5O2. The summed E-state index contributed by atoms with van der Waals surface area (Å²) in [5, 5.41) is 7.08. The Morgan fingerprint density at radius 2 is 2.36 bits per heavy atom. The van der Waals surface area contributed by atoms with E-state index in [1.54, 1.807) is 17.9 Å². The summed E-state index contributed by atoms with van der Waals surface area (Å²) < 4.78 is 8.90. The molecule has 3 heterocycles. The standard InChI is InChI=1S/C15H21N5O2/c1-22-9-8-20-7-5-13(18-20)17-15(21)10-12-11-19-6-3-2-4-14(19)16-12/h5,7,11H,2-4,6,8-10H2,1H3,(H,17,18,21). The molecule has 2 aromatic heterocycles. The van der Waals surface area contributed by atoms with Gasteiger partial charge in [-0.2, -0.15) is 5.10 Å². The average molecular weight is 303 g/mol. The molecule has 0 fully saturated rings. The lowest BCUT2D eigenvalue weighted by Gasteiger charge is -2.11. The van der Waals surface area contributed by atoms with Gasteiger partial charge in [-0.25, -0.2) is 4.98 Å². The van der Waals surface area contributed by atoms with Crippen LogP contribution in [0.15, 0.2) is 18.5 Å². The van der Waals surface area contributed by atoms with E-state index in [0.29, 0.717) is 19.0 Å². The fraction of sp³-hybridized carbons (Fsp3) is 0.533. The van der Waals surface area contributed by atoms with Crippen molar-refractivity contribution in [2.45, 2.75) is 38.8 Å². The first-order valence-corrected chi connectivity index (χ1v) is 7.62. The molecule has 0 aliphatic carbocycles. The number of aryl methyl sites for hydroxylation is 2.